The molecule has 3 amide bonds. The Morgan fingerprint density at radius 2 is 2.13 bits per heavy atom. The van der Waals surface area contributed by atoms with E-state index in [1.165, 1.54) is 6.07 Å². The molecule has 2 N–H and O–H groups in total. The average Bonchev–Trinajstić information content (AvgIpc) is 2.77. The van der Waals surface area contributed by atoms with E-state index in [4.69, 9.17) is 11.6 Å². The molecule has 1 aromatic rings. The van der Waals surface area contributed by atoms with E-state index < -0.39 is 23.9 Å². The molecule has 0 saturated carbocycles. The summed E-state index contributed by atoms with van der Waals surface area (Å²) in [7, 11) is 1.70. The Labute approximate surface area is 140 Å². The minimum Gasteiger partial charge on any atom is -0.344 e. The summed E-state index contributed by atoms with van der Waals surface area (Å²) in [6.07, 6.45) is 0.574. The molecular formula is C16H21ClFN3O2. The molecule has 23 heavy (non-hydrogen) atoms. The van der Waals surface area contributed by atoms with Gasteiger partial charge in [-0.1, -0.05) is 31.5 Å². The van der Waals surface area contributed by atoms with Crippen LogP contribution in [0.2, 0.25) is 5.02 Å². The number of likely N-dealkylation sites (tertiary alicyclic amines) is 1. The van der Waals surface area contributed by atoms with E-state index in [2.05, 4.69) is 10.6 Å². The second-order valence-electron chi connectivity index (χ2n) is 6.11. The molecule has 0 bridgehead atoms. The largest absolute Gasteiger partial charge is 0.344 e. The second-order valence-corrected chi connectivity index (χ2v) is 6.54. The Bertz CT molecular complexity index is 609. The van der Waals surface area contributed by atoms with Gasteiger partial charge in [-0.25, -0.2) is 9.18 Å². The summed E-state index contributed by atoms with van der Waals surface area (Å²) in [6, 6.07) is 2.86. The van der Waals surface area contributed by atoms with Crippen LogP contribution < -0.4 is 10.6 Å². The molecule has 7 heteroatoms. The molecule has 1 saturated heterocycles. The number of benzene rings is 1. The molecule has 1 aromatic carbocycles. The van der Waals surface area contributed by atoms with Crippen molar-refractivity contribution in [1.29, 1.82) is 0 Å². The van der Waals surface area contributed by atoms with Crippen molar-refractivity contribution in [3.05, 3.63) is 34.6 Å². The van der Waals surface area contributed by atoms with E-state index in [0.29, 0.717) is 23.6 Å². The molecular weight excluding hydrogens is 321 g/mol. The molecule has 0 aromatic heterocycles. The lowest BCUT2D eigenvalue weighted by atomic mass is 9.95. The zero-order chi connectivity index (χ0) is 17.1. The number of hydrogen-bond acceptors (Lipinski definition) is 2. The van der Waals surface area contributed by atoms with E-state index >= 15 is 0 Å². The third-order valence-corrected chi connectivity index (χ3v) is 4.22. The monoisotopic (exact) mass is 341 g/mol. The zero-order valence-electron chi connectivity index (χ0n) is 13.4. The van der Waals surface area contributed by atoms with E-state index in [-0.39, 0.29) is 11.8 Å². The molecule has 2 rings (SSSR count). The molecule has 1 fully saturated rings. The number of nitrogens with zero attached hydrogens (tertiary/aromatic N) is 1. The number of halogens is 2. The van der Waals surface area contributed by atoms with Gasteiger partial charge in [0.05, 0.1) is 6.04 Å². The van der Waals surface area contributed by atoms with Crippen molar-refractivity contribution in [3.8, 4) is 0 Å². The lowest BCUT2D eigenvalue weighted by Crippen LogP contribution is -2.47. The molecule has 2 atom stereocenters. The normalized spacial score (nSPS) is 19.1. The summed E-state index contributed by atoms with van der Waals surface area (Å²) in [6.45, 7) is 4.38. The van der Waals surface area contributed by atoms with Crippen LogP contribution in [0.5, 0.6) is 0 Å². The predicted octanol–water partition coefficient (Wildman–Crippen LogP) is 2.71. The van der Waals surface area contributed by atoms with Crippen molar-refractivity contribution in [2.75, 3.05) is 13.6 Å². The van der Waals surface area contributed by atoms with E-state index in [0.717, 1.165) is 0 Å². The van der Waals surface area contributed by atoms with Gasteiger partial charge in [0.2, 0.25) is 5.91 Å². The van der Waals surface area contributed by atoms with Crippen LogP contribution in [0.4, 0.5) is 9.18 Å². The maximum atomic E-state index is 14.1. The Hall–Kier alpha value is -1.82. The van der Waals surface area contributed by atoms with Crippen molar-refractivity contribution in [2.24, 2.45) is 5.92 Å². The highest BCUT2D eigenvalue weighted by Crippen LogP contribution is 2.26. The standard InChI is InChI=1S/C16H21ClFN3O2/c1-9(2)14(11-5-4-10(17)8-12(11)18)20-16(23)19-13-6-7-21(3)15(13)22/h4-5,8-9,13-14H,6-7H2,1-3H3,(H2,19,20,23)/t13-,14-/m1/s1. The van der Waals surface area contributed by atoms with Gasteiger partial charge in [-0.2, -0.15) is 0 Å². The van der Waals surface area contributed by atoms with Crippen molar-refractivity contribution >= 4 is 23.5 Å². The lowest BCUT2D eigenvalue weighted by molar-refractivity contribution is -0.128. The molecule has 126 valence electrons. The minimum atomic E-state index is -0.525. The van der Waals surface area contributed by atoms with Gasteiger partial charge in [0.25, 0.3) is 0 Å². The van der Waals surface area contributed by atoms with Crippen LogP contribution in [0.1, 0.15) is 31.9 Å². The van der Waals surface area contributed by atoms with Gasteiger partial charge < -0.3 is 15.5 Å². The third-order valence-electron chi connectivity index (χ3n) is 3.98. The van der Waals surface area contributed by atoms with Gasteiger partial charge in [0.15, 0.2) is 0 Å². The summed E-state index contributed by atoms with van der Waals surface area (Å²) >= 11 is 5.77. The number of hydrogen-bond donors (Lipinski definition) is 2. The van der Waals surface area contributed by atoms with E-state index in [9.17, 15) is 14.0 Å². The Balaban J connectivity index is 2.07. The summed E-state index contributed by atoms with van der Waals surface area (Å²) in [4.78, 5) is 25.6. The Kier molecular flexibility index (Phi) is 5.46. The molecule has 0 spiro atoms. The second kappa shape index (κ2) is 7.17. The molecule has 5 nitrogen and oxygen atoms in total. The number of rotatable bonds is 4. The minimum absolute atomic E-state index is 0.0293. The topological polar surface area (TPSA) is 61.4 Å². The number of carbonyl (C=O) groups excluding carboxylic acids is 2. The molecule has 0 unspecified atom stereocenters. The Morgan fingerprint density at radius 1 is 1.43 bits per heavy atom. The lowest BCUT2D eigenvalue weighted by Gasteiger charge is -2.24. The number of likely N-dealkylation sites (N-methyl/N-ethyl adjacent to an activating group) is 1. The maximum absolute atomic E-state index is 14.1. The highest BCUT2D eigenvalue weighted by Gasteiger charge is 2.31. The van der Waals surface area contributed by atoms with Crippen LogP contribution in [-0.2, 0) is 4.79 Å². The first-order chi connectivity index (χ1) is 10.8. The smallest absolute Gasteiger partial charge is 0.315 e. The summed E-state index contributed by atoms with van der Waals surface area (Å²) in [5.74, 6) is -0.606. The fraction of sp³-hybridized carbons (Fsp3) is 0.500. The quantitative estimate of drug-likeness (QED) is 0.884. The van der Waals surface area contributed by atoms with Crippen LogP contribution >= 0.6 is 11.6 Å². The number of amides is 3. The predicted molar refractivity (Wildman–Crippen MR) is 86.7 cm³/mol. The van der Waals surface area contributed by atoms with Gasteiger partial charge in [-0.3, -0.25) is 4.79 Å². The molecule has 0 aliphatic carbocycles. The number of nitrogens with one attached hydrogen (secondary N) is 2. The molecule has 1 aliphatic heterocycles. The SMILES string of the molecule is CC(C)[C@@H](NC(=O)N[C@@H]1CCN(C)C1=O)c1ccc(Cl)cc1F. The number of carbonyl (C=O) groups is 2. The van der Waals surface area contributed by atoms with Crippen LogP contribution in [0, 0.1) is 11.7 Å². The summed E-state index contributed by atoms with van der Waals surface area (Å²) < 4.78 is 14.1. The van der Waals surface area contributed by atoms with Crippen molar-refractivity contribution in [3.63, 3.8) is 0 Å². The van der Waals surface area contributed by atoms with Gasteiger partial charge in [-0.15, -0.1) is 0 Å². The zero-order valence-corrected chi connectivity index (χ0v) is 14.2. The summed E-state index contributed by atoms with van der Waals surface area (Å²) in [5.41, 5.74) is 0.370. The maximum Gasteiger partial charge on any atom is 0.315 e. The van der Waals surface area contributed by atoms with Gasteiger partial charge >= 0.3 is 6.03 Å². The first kappa shape index (κ1) is 17.5. The molecule has 0 radical (unpaired) electrons. The van der Waals surface area contributed by atoms with Crippen LogP contribution in [0.25, 0.3) is 0 Å². The van der Waals surface area contributed by atoms with Crippen molar-refractivity contribution in [1.82, 2.24) is 15.5 Å². The van der Waals surface area contributed by atoms with Crippen molar-refractivity contribution in [2.45, 2.75) is 32.4 Å². The van der Waals surface area contributed by atoms with Crippen LogP contribution in [-0.4, -0.2) is 36.5 Å². The van der Waals surface area contributed by atoms with E-state index in [1.807, 2.05) is 13.8 Å². The summed E-state index contributed by atoms with van der Waals surface area (Å²) in [5, 5.41) is 5.71. The first-order valence-corrected chi connectivity index (χ1v) is 7.94. The highest BCUT2D eigenvalue weighted by atomic mass is 35.5. The van der Waals surface area contributed by atoms with Crippen molar-refractivity contribution < 1.29 is 14.0 Å². The molecule has 1 heterocycles. The van der Waals surface area contributed by atoms with Gasteiger partial charge in [0.1, 0.15) is 11.9 Å². The van der Waals surface area contributed by atoms with Gasteiger partial charge in [-0.05, 0) is 24.5 Å². The van der Waals surface area contributed by atoms with E-state index in [1.54, 1.807) is 24.1 Å². The molecule has 1 aliphatic rings. The highest BCUT2D eigenvalue weighted by molar-refractivity contribution is 6.30. The third kappa shape index (κ3) is 4.13. The van der Waals surface area contributed by atoms with Gasteiger partial charge in [0, 0.05) is 24.2 Å². The van der Waals surface area contributed by atoms with Crippen LogP contribution in [0.15, 0.2) is 18.2 Å². The fourth-order valence-electron chi connectivity index (χ4n) is 2.65. The number of urea groups is 1. The Morgan fingerprint density at radius 3 is 2.65 bits per heavy atom. The fourth-order valence-corrected chi connectivity index (χ4v) is 2.81. The first-order valence-electron chi connectivity index (χ1n) is 7.56. The van der Waals surface area contributed by atoms with Crippen LogP contribution in [0.3, 0.4) is 0 Å². The average molecular weight is 342 g/mol.